The van der Waals surface area contributed by atoms with Crippen LogP contribution in [-0.4, -0.2) is 63.6 Å². The van der Waals surface area contributed by atoms with Gasteiger partial charge in [0.05, 0.1) is 11.5 Å². The van der Waals surface area contributed by atoms with E-state index in [0.29, 0.717) is 0 Å². The third-order valence-electron chi connectivity index (χ3n) is 3.03. The van der Waals surface area contributed by atoms with Gasteiger partial charge in [-0.1, -0.05) is 0 Å². The molecule has 0 aromatic rings. The lowest BCUT2D eigenvalue weighted by Gasteiger charge is -2.10. The van der Waals surface area contributed by atoms with Crippen LogP contribution in [0.4, 0.5) is 0 Å². The normalized spacial score (nSPS) is 13.4. The van der Waals surface area contributed by atoms with Crippen molar-refractivity contribution >= 4 is 32.0 Å². The third-order valence-corrected chi connectivity index (χ3v) is 5.84. The molecule has 0 saturated heterocycles. The molecule has 4 N–H and O–H groups in total. The van der Waals surface area contributed by atoms with E-state index in [9.17, 15) is 26.4 Å². The second-order valence-corrected chi connectivity index (χ2v) is 8.85. The zero-order valence-corrected chi connectivity index (χ0v) is 15.0. The molecule has 0 unspecified atom stereocenters. The predicted octanol–water partition coefficient (Wildman–Crippen LogP) is -0.889. The predicted molar refractivity (Wildman–Crippen MR) is 86.5 cm³/mol. The molecule has 0 radical (unpaired) electrons. The number of carbonyl (C=O) groups is 2. The van der Waals surface area contributed by atoms with E-state index in [1.807, 2.05) is 0 Å². The first kappa shape index (κ1) is 22.5. The minimum Gasteiger partial charge on any atom is -0.478 e. The highest BCUT2D eigenvalue weighted by Crippen LogP contribution is 2.13. The minimum atomic E-state index is -3.53. The second kappa shape index (κ2) is 9.71. The maximum absolute atomic E-state index is 11.3. The molecule has 0 aliphatic carbocycles. The Morgan fingerprint density at radius 2 is 1.04 bits per heavy atom. The van der Waals surface area contributed by atoms with Crippen molar-refractivity contribution in [2.45, 2.75) is 26.7 Å². The van der Waals surface area contributed by atoms with Crippen LogP contribution in [0.15, 0.2) is 11.1 Å². The highest BCUT2D eigenvalue weighted by molar-refractivity contribution is 7.89. The maximum atomic E-state index is 11.3. The molecule has 0 saturated carbocycles. The summed E-state index contributed by atoms with van der Waals surface area (Å²) < 4.78 is 49.5. The molecule has 12 heteroatoms. The van der Waals surface area contributed by atoms with E-state index in [0.717, 1.165) is 0 Å². The SMILES string of the molecule is CCS(=O)(=O)NCC/C(C(=O)O)=C(/CCNS(=O)(=O)CC)C(=O)O. The molecule has 0 aliphatic rings. The van der Waals surface area contributed by atoms with Gasteiger partial charge in [-0.2, -0.15) is 0 Å². The third kappa shape index (κ3) is 8.38. The number of carboxylic acids is 2. The Morgan fingerprint density at radius 3 is 1.25 bits per heavy atom. The van der Waals surface area contributed by atoms with E-state index in [-0.39, 0.29) is 37.4 Å². The lowest BCUT2D eigenvalue weighted by atomic mass is 10.0. The van der Waals surface area contributed by atoms with Crippen molar-refractivity contribution < 1.29 is 36.6 Å². The van der Waals surface area contributed by atoms with Crippen molar-refractivity contribution in [2.75, 3.05) is 24.6 Å². The molecule has 0 aliphatic heterocycles. The Morgan fingerprint density at radius 1 is 0.750 bits per heavy atom. The number of hydrogen-bond donors (Lipinski definition) is 4. The molecule has 0 amide bonds. The van der Waals surface area contributed by atoms with Gasteiger partial charge in [0.15, 0.2) is 0 Å². The molecule has 0 heterocycles. The van der Waals surface area contributed by atoms with Gasteiger partial charge in [0.1, 0.15) is 0 Å². The van der Waals surface area contributed by atoms with Crippen LogP contribution in [0.5, 0.6) is 0 Å². The number of nitrogens with one attached hydrogen (secondary N) is 2. The zero-order chi connectivity index (χ0) is 19.0. The first-order valence-electron chi connectivity index (χ1n) is 7.09. The monoisotopic (exact) mass is 386 g/mol. The summed E-state index contributed by atoms with van der Waals surface area (Å²) >= 11 is 0. The van der Waals surface area contributed by atoms with Gasteiger partial charge in [-0.05, 0) is 26.7 Å². The molecule has 140 valence electrons. The topological polar surface area (TPSA) is 167 Å². The number of rotatable bonds is 12. The minimum absolute atomic E-state index is 0.191. The molecular weight excluding hydrogens is 364 g/mol. The van der Waals surface area contributed by atoms with Gasteiger partial charge in [-0.15, -0.1) is 0 Å². The van der Waals surface area contributed by atoms with Gasteiger partial charge in [-0.3, -0.25) is 0 Å². The van der Waals surface area contributed by atoms with Gasteiger partial charge in [0.25, 0.3) is 0 Å². The zero-order valence-electron chi connectivity index (χ0n) is 13.4. The summed E-state index contributed by atoms with van der Waals surface area (Å²) in [6, 6.07) is 0. The fraction of sp³-hybridized carbons (Fsp3) is 0.667. The van der Waals surface area contributed by atoms with Crippen LogP contribution in [0.3, 0.4) is 0 Å². The van der Waals surface area contributed by atoms with Crippen LogP contribution in [0, 0.1) is 0 Å². The number of sulfonamides is 2. The van der Waals surface area contributed by atoms with Crippen molar-refractivity contribution in [2.24, 2.45) is 0 Å². The summed E-state index contributed by atoms with van der Waals surface area (Å²) in [4.78, 5) is 22.5. The standard InChI is InChI=1S/C12H22N2O8S2/c1-3-23(19,20)13-7-5-9(11(15)16)10(12(17)18)6-8-14-24(21,22)4-2/h13-14H,3-8H2,1-2H3,(H,15,16)(H,17,18)/b10-9+. The summed E-state index contributed by atoms with van der Waals surface area (Å²) in [5.74, 6) is -3.38. The summed E-state index contributed by atoms with van der Waals surface area (Å²) in [6.45, 7) is 2.27. The Balaban J connectivity index is 5.16. The summed E-state index contributed by atoms with van der Waals surface area (Å²) in [5, 5.41) is 18.3. The Labute approximate surface area is 141 Å². The van der Waals surface area contributed by atoms with E-state index >= 15 is 0 Å². The van der Waals surface area contributed by atoms with Crippen LogP contribution in [0.2, 0.25) is 0 Å². The largest absolute Gasteiger partial charge is 0.478 e. The molecule has 0 spiro atoms. The van der Waals surface area contributed by atoms with Crippen LogP contribution in [-0.2, 0) is 29.6 Å². The van der Waals surface area contributed by atoms with E-state index in [1.165, 1.54) is 13.8 Å². The van der Waals surface area contributed by atoms with Gasteiger partial charge in [0, 0.05) is 24.2 Å². The second-order valence-electron chi connectivity index (χ2n) is 4.66. The molecule has 10 nitrogen and oxygen atoms in total. The van der Waals surface area contributed by atoms with Crippen molar-refractivity contribution in [3.05, 3.63) is 11.1 Å². The number of carboxylic acid groups (broad SMARTS) is 2. The van der Waals surface area contributed by atoms with Gasteiger partial charge in [-0.25, -0.2) is 35.9 Å². The lowest BCUT2D eigenvalue weighted by molar-refractivity contribution is -0.136. The van der Waals surface area contributed by atoms with Crippen LogP contribution in [0.25, 0.3) is 0 Å². The highest BCUT2D eigenvalue weighted by atomic mass is 32.2. The molecule has 0 atom stereocenters. The number of hydrogen-bond acceptors (Lipinski definition) is 6. The molecular formula is C12H22N2O8S2. The maximum Gasteiger partial charge on any atom is 0.332 e. The molecule has 0 aromatic carbocycles. The lowest BCUT2D eigenvalue weighted by Crippen LogP contribution is -2.29. The Bertz CT molecular complexity index is 635. The van der Waals surface area contributed by atoms with Crippen LogP contribution < -0.4 is 9.44 Å². The van der Waals surface area contributed by atoms with Crippen molar-refractivity contribution in [3.8, 4) is 0 Å². The van der Waals surface area contributed by atoms with Crippen molar-refractivity contribution in [1.29, 1.82) is 0 Å². The van der Waals surface area contributed by atoms with E-state index < -0.39 is 43.1 Å². The van der Waals surface area contributed by atoms with Crippen molar-refractivity contribution in [1.82, 2.24) is 9.44 Å². The van der Waals surface area contributed by atoms with Gasteiger partial charge >= 0.3 is 11.9 Å². The van der Waals surface area contributed by atoms with E-state index in [4.69, 9.17) is 10.2 Å². The van der Waals surface area contributed by atoms with Crippen LogP contribution >= 0.6 is 0 Å². The molecule has 24 heavy (non-hydrogen) atoms. The van der Waals surface area contributed by atoms with E-state index in [1.54, 1.807) is 0 Å². The van der Waals surface area contributed by atoms with E-state index in [2.05, 4.69) is 9.44 Å². The highest BCUT2D eigenvalue weighted by Gasteiger charge is 2.21. The van der Waals surface area contributed by atoms with Gasteiger partial charge < -0.3 is 10.2 Å². The Kier molecular flexibility index (Phi) is 9.11. The fourth-order valence-electron chi connectivity index (χ4n) is 1.64. The average molecular weight is 386 g/mol. The molecule has 0 bridgehead atoms. The molecule has 0 aromatic heterocycles. The molecule has 0 rings (SSSR count). The molecule has 0 fully saturated rings. The van der Waals surface area contributed by atoms with Gasteiger partial charge in [0.2, 0.25) is 20.0 Å². The Hall–Kier alpha value is -1.50. The number of aliphatic carboxylic acids is 2. The quantitative estimate of drug-likeness (QED) is 0.313. The summed E-state index contributed by atoms with van der Waals surface area (Å²) in [7, 11) is -7.06. The summed E-state index contributed by atoms with van der Waals surface area (Å²) in [5.41, 5.74) is -0.950. The van der Waals surface area contributed by atoms with Crippen LogP contribution in [0.1, 0.15) is 26.7 Å². The summed E-state index contributed by atoms with van der Waals surface area (Å²) in [6.07, 6.45) is -0.673. The first-order valence-corrected chi connectivity index (χ1v) is 10.4. The first-order chi connectivity index (χ1) is 11.0. The fourth-order valence-corrected chi connectivity index (χ4v) is 2.88. The van der Waals surface area contributed by atoms with Crippen molar-refractivity contribution in [3.63, 3.8) is 0 Å². The average Bonchev–Trinajstić information content (AvgIpc) is 2.48. The smallest absolute Gasteiger partial charge is 0.332 e.